The lowest BCUT2D eigenvalue weighted by Gasteiger charge is -2.07. The van der Waals surface area contributed by atoms with Crippen molar-refractivity contribution in [2.75, 3.05) is 5.33 Å². The van der Waals surface area contributed by atoms with Crippen LogP contribution in [0.5, 0.6) is 0 Å². The van der Waals surface area contributed by atoms with Crippen molar-refractivity contribution in [3.63, 3.8) is 0 Å². The first-order valence-corrected chi connectivity index (χ1v) is 9.13. The van der Waals surface area contributed by atoms with Crippen LogP contribution >= 0.6 is 15.9 Å². The van der Waals surface area contributed by atoms with Crippen molar-refractivity contribution in [1.29, 1.82) is 0 Å². The normalized spacial score (nSPS) is 10.8. The lowest BCUT2D eigenvalue weighted by Crippen LogP contribution is -1.92. The Hall–Kier alpha value is -0.300. The standard InChI is InChI=1S/C18H29Br/c1-2-17-13-10-11-15-18(17)14-9-7-5-3-4-6-8-12-16-19/h10-11,13,15H,2-9,12,14,16H2,1H3. The molecule has 0 radical (unpaired) electrons. The maximum atomic E-state index is 3.49. The van der Waals surface area contributed by atoms with Crippen LogP contribution < -0.4 is 0 Å². The average molecular weight is 325 g/mol. The van der Waals surface area contributed by atoms with Gasteiger partial charge >= 0.3 is 0 Å². The van der Waals surface area contributed by atoms with Crippen molar-refractivity contribution >= 4 is 15.9 Å². The second-order valence-electron chi connectivity index (χ2n) is 5.39. The van der Waals surface area contributed by atoms with Crippen LogP contribution in [0.2, 0.25) is 0 Å². The van der Waals surface area contributed by atoms with E-state index in [0.29, 0.717) is 0 Å². The molecule has 0 N–H and O–H groups in total. The molecule has 0 unspecified atom stereocenters. The van der Waals surface area contributed by atoms with Crippen molar-refractivity contribution in [2.24, 2.45) is 0 Å². The van der Waals surface area contributed by atoms with Crippen molar-refractivity contribution in [3.05, 3.63) is 35.4 Å². The molecule has 0 amide bonds. The summed E-state index contributed by atoms with van der Waals surface area (Å²) >= 11 is 3.49. The second-order valence-corrected chi connectivity index (χ2v) is 6.18. The molecule has 1 aromatic carbocycles. The zero-order chi connectivity index (χ0) is 13.8. The van der Waals surface area contributed by atoms with Gasteiger partial charge in [-0.1, -0.05) is 85.6 Å². The van der Waals surface area contributed by atoms with Gasteiger partial charge in [-0.3, -0.25) is 0 Å². The highest BCUT2D eigenvalue weighted by Gasteiger charge is 1.99. The fourth-order valence-corrected chi connectivity index (χ4v) is 3.01. The van der Waals surface area contributed by atoms with Crippen LogP contribution in [-0.2, 0) is 12.8 Å². The predicted octanol–water partition coefficient (Wildman–Crippen LogP) is 6.31. The summed E-state index contributed by atoms with van der Waals surface area (Å²) in [5, 5.41) is 1.17. The Balaban J connectivity index is 2.01. The quantitative estimate of drug-likeness (QED) is 0.330. The molecule has 108 valence electrons. The summed E-state index contributed by atoms with van der Waals surface area (Å²) in [5.74, 6) is 0. The summed E-state index contributed by atoms with van der Waals surface area (Å²) in [4.78, 5) is 0. The summed E-state index contributed by atoms with van der Waals surface area (Å²) in [5.41, 5.74) is 3.11. The fourth-order valence-electron chi connectivity index (χ4n) is 2.62. The van der Waals surface area contributed by atoms with E-state index in [2.05, 4.69) is 47.1 Å². The van der Waals surface area contributed by atoms with Gasteiger partial charge in [-0.2, -0.15) is 0 Å². The molecule has 0 fully saturated rings. The van der Waals surface area contributed by atoms with Gasteiger partial charge in [-0.15, -0.1) is 0 Å². The SMILES string of the molecule is CCc1ccccc1CCCCCCCCCCBr. The Morgan fingerprint density at radius 1 is 0.737 bits per heavy atom. The molecule has 0 aliphatic carbocycles. The number of unbranched alkanes of at least 4 members (excludes halogenated alkanes) is 7. The van der Waals surface area contributed by atoms with Crippen LogP contribution in [0.25, 0.3) is 0 Å². The van der Waals surface area contributed by atoms with Gasteiger partial charge in [0.15, 0.2) is 0 Å². The summed E-state index contributed by atoms with van der Waals surface area (Å²) in [6, 6.07) is 8.92. The van der Waals surface area contributed by atoms with Crippen LogP contribution in [0.4, 0.5) is 0 Å². The van der Waals surface area contributed by atoms with Crippen LogP contribution in [0.3, 0.4) is 0 Å². The number of benzene rings is 1. The highest BCUT2D eigenvalue weighted by Crippen LogP contribution is 2.15. The van der Waals surface area contributed by atoms with Crippen molar-refractivity contribution in [1.82, 2.24) is 0 Å². The smallest absolute Gasteiger partial charge is 0.00313 e. The first-order valence-electron chi connectivity index (χ1n) is 8.01. The first-order chi connectivity index (χ1) is 9.38. The van der Waals surface area contributed by atoms with Crippen molar-refractivity contribution in [3.8, 4) is 0 Å². The van der Waals surface area contributed by atoms with Gasteiger partial charge in [0.25, 0.3) is 0 Å². The molecule has 0 aliphatic rings. The number of hydrogen-bond acceptors (Lipinski definition) is 0. The van der Waals surface area contributed by atoms with E-state index in [9.17, 15) is 0 Å². The van der Waals surface area contributed by atoms with Gasteiger partial charge in [0.05, 0.1) is 0 Å². The molecule has 0 atom stereocenters. The van der Waals surface area contributed by atoms with Crippen molar-refractivity contribution < 1.29 is 0 Å². The minimum atomic E-state index is 1.17. The number of alkyl halides is 1. The number of halogens is 1. The maximum Gasteiger partial charge on any atom is 0.00313 e. The minimum absolute atomic E-state index is 1.17. The fraction of sp³-hybridized carbons (Fsp3) is 0.667. The van der Waals surface area contributed by atoms with Crippen LogP contribution in [0.15, 0.2) is 24.3 Å². The van der Waals surface area contributed by atoms with Crippen molar-refractivity contribution in [2.45, 2.75) is 71.1 Å². The molecule has 1 heteroatoms. The number of hydrogen-bond donors (Lipinski definition) is 0. The van der Waals surface area contributed by atoms with Gasteiger partial charge in [-0.25, -0.2) is 0 Å². The highest BCUT2D eigenvalue weighted by molar-refractivity contribution is 9.09. The third kappa shape index (κ3) is 7.77. The summed E-state index contributed by atoms with van der Waals surface area (Å²) in [7, 11) is 0. The molecule has 1 rings (SSSR count). The Labute approximate surface area is 128 Å². The monoisotopic (exact) mass is 324 g/mol. The predicted molar refractivity (Wildman–Crippen MR) is 90.3 cm³/mol. The zero-order valence-corrected chi connectivity index (χ0v) is 14.1. The number of rotatable bonds is 11. The largest absolute Gasteiger partial charge is 0.0928 e. The molecule has 0 saturated carbocycles. The summed E-state index contributed by atoms with van der Waals surface area (Å²) < 4.78 is 0. The molecule has 0 heterocycles. The van der Waals surface area contributed by atoms with Gasteiger partial charge < -0.3 is 0 Å². The van der Waals surface area contributed by atoms with E-state index < -0.39 is 0 Å². The molecule has 0 bridgehead atoms. The van der Waals surface area contributed by atoms with E-state index in [-0.39, 0.29) is 0 Å². The van der Waals surface area contributed by atoms with E-state index in [4.69, 9.17) is 0 Å². The van der Waals surface area contributed by atoms with Gasteiger partial charge in [0, 0.05) is 5.33 Å². The van der Waals surface area contributed by atoms with Crippen LogP contribution in [0, 0.1) is 0 Å². The van der Waals surface area contributed by atoms with Gasteiger partial charge in [0.1, 0.15) is 0 Å². The average Bonchev–Trinajstić information content (AvgIpc) is 2.46. The molecule has 19 heavy (non-hydrogen) atoms. The third-order valence-electron chi connectivity index (χ3n) is 3.83. The molecule has 0 spiro atoms. The van der Waals surface area contributed by atoms with Gasteiger partial charge in [0.2, 0.25) is 0 Å². The maximum absolute atomic E-state index is 3.49. The van der Waals surface area contributed by atoms with E-state index >= 15 is 0 Å². The molecule has 0 aromatic heterocycles. The number of aryl methyl sites for hydroxylation is 2. The lowest BCUT2D eigenvalue weighted by atomic mass is 9.99. The lowest BCUT2D eigenvalue weighted by molar-refractivity contribution is 0.576. The van der Waals surface area contributed by atoms with Crippen LogP contribution in [0.1, 0.15) is 69.4 Å². The molecule has 0 saturated heterocycles. The zero-order valence-electron chi connectivity index (χ0n) is 12.5. The second kappa shape index (κ2) is 11.5. The Morgan fingerprint density at radius 3 is 1.84 bits per heavy atom. The Bertz CT molecular complexity index is 319. The van der Waals surface area contributed by atoms with E-state index in [0.717, 1.165) is 0 Å². The molecule has 0 nitrogen and oxygen atoms in total. The molecular formula is C18H29Br. The van der Waals surface area contributed by atoms with Crippen LogP contribution in [-0.4, -0.2) is 5.33 Å². The topological polar surface area (TPSA) is 0 Å². The highest BCUT2D eigenvalue weighted by atomic mass is 79.9. The third-order valence-corrected chi connectivity index (χ3v) is 4.39. The van der Waals surface area contributed by atoms with E-state index in [1.807, 2.05) is 0 Å². The summed E-state index contributed by atoms with van der Waals surface area (Å²) in [6.45, 7) is 2.26. The van der Waals surface area contributed by atoms with E-state index in [1.165, 1.54) is 75.1 Å². The van der Waals surface area contributed by atoms with E-state index in [1.54, 1.807) is 5.56 Å². The molecule has 1 aromatic rings. The Morgan fingerprint density at radius 2 is 1.26 bits per heavy atom. The first kappa shape index (κ1) is 16.8. The Kier molecular flexibility index (Phi) is 10.2. The minimum Gasteiger partial charge on any atom is -0.0928 e. The molecular weight excluding hydrogens is 296 g/mol. The molecule has 0 aliphatic heterocycles. The van der Waals surface area contributed by atoms with Gasteiger partial charge in [-0.05, 0) is 36.8 Å². The summed E-state index contributed by atoms with van der Waals surface area (Å²) in [6.07, 6.45) is 13.6.